The Morgan fingerprint density at radius 2 is 1.00 bits per heavy atom. The van der Waals surface area contributed by atoms with Crippen LogP contribution in [0.25, 0.3) is 0 Å². The molecule has 4 N–H and O–H groups in total. The first-order chi connectivity index (χ1) is 12.5. The molecule has 0 amide bonds. The predicted molar refractivity (Wildman–Crippen MR) is 100 cm³/mol. The number of phenols is 4. The molecule has 0 spiro atoms. The molecular weight excluding hydrogens is 332 g/mol. The summed E-state index contributed by atoms with van der Waals surface area (Å²) in [6.45, 7) is 0. The largest absolute Gasteiger partial charge is 0.508 e. The van der Waals surface area contributed by atoms with Crippen LogP contribution < -0.4 is 0 Å². The van der Waals surface area contributed by atoms with Crippen LogP contribution in [0.4, 0.5) is 11.4 Å². The third-order valence-electron chi connectivity index (χ3n) is 3.60. The number of aromatic hydroxyl groups is 4. The molecule has 3 aromatic rings. The maximum atomic E-state index is 9.81. The average Bonchev–Trinajstić information content (AvgIpc) is 2.61. The Labute approximate surface area is 149 Å². The van der Waals surface area contributed by atoms with E-state index in [1.807, 2.05) is 0 Å². The highest BCUT2D eigenvalue weighted by Crippen LogP contribution is 2.29. The van der Waals surface area contributed by atoms with Gasteiger partial charge in [-0.3, -0.25) is 9.98 Å². The average molecular weight is 348 g/mol. The van der Waals surface area contributed by atoms with Crippen LogP contribution >= 0.6 is 0 Å². The zero-order valence-corrected chi connectivity index (χ0v) is 13.6. The molecule has 6 nitrogen and oxygen atoms in total. The van der Waals surface area contributed by atoms with Gasteiger partial charge in [-0.25, -0.2) is 0 Å². The van der Waals surface area contributed by atoms with Crippen molar-refractivity contribution in [2.45, 2.75) is 0 Å². The standard InChI is InChI=1S/C20H16N2O4/c23-15-7-5-13(19(25)9-15)11-21-17-3-1-2-4-18(17)22-12-14-6-8-16(24)10-20(14)26/h1-12,23-26H. The normalized spacial score (nSPS) is 11.4. The number of para-hydroxylation sites is 2. The van der Waals surface area contributed by atoms with Crippen molar-refractivity contribution in [1.82, 2.24) is 0 Å². The Bertz CT molecular complexity index is 916. The number of nitrogens with zero attached hydrogens (tertiary/aromatic N) is 2. The third kappa shape index (κ3) is 3.99. The minimum atomic E-state index is -0.0799. The van der Waals surface area contributed by atoms with E-state index in [0.717, 1.165) is 0 Å². The fourth-order valence-corrected chi connectivity index (χ4v) is 2.24. The van der Waals surface area contributed by atoms with Gasteiger partial charge in [-0.15, -0.1) is 0 Å². The summed E-state index contributed by atoms with van der Waals surface area (Å²) in [5.74, 6) is -0.218. The van der Waals surface area contributed by atoms with Crippen molar-refractivity contribution < 1.29 is 20.4 Å². The van der Waals surface area contributed by atoms with Crippen LogP contribution in [0.3, 0.4) is 0 Å². The Kier molecular flexibility index (Phi) is 4.85. The van der Waals surface area contributed by atoms with Gasteiger partial charge in [0.15, 0.2) is 0 Å². The molecule has 6 heteroatoms. The van der Waals surface area contributed by atoms with Gasteiger partial charge in [-0.1, -0.05) is 12.1 Å². The fraction of sp³-hybridized carbons (Fsp3) is 0. The molecule has 3 rings (SSSR count). The summed E-state index contributed by atoms with van der Waals surface area (Å²) in [4.78, 5) is 8.67. The van der Waals surface area contributed by atoms with Gasteiger partial charge in [0, 0.05) is 35.7 Å². The van der Waals surface area contributed by atoms with Gasteiger partial charge in [-0.2, -0.15) is 0 Å². The van der Waals surface area contributed by atoms with E-state index in [9.17, 15) is 20.4 Å². The lowest BCUT2D eigenvalue weighted by molar-refractivity contribution is 0.449. The molecular formula is C20H16N2O4. The van der Waals surface area contributed by atoms with E-state index in [4.69, 9.17) is 0 Å². The topological polar surface area (TPSA) is 106 Å². The van der Waals surface area contributed by atoms with Crippen molar-refractivity contribution >= 4 is 23.8 Å². The van der Waals surface area contributed by atoms with Gasteiger partial charge in [-0.05, 0) is 36.4 Å². The van der Waals surface area contributed by atoms with Crippen LogP contribution in [0, 0.1) is 0 Å². The molecule has 0 atom stereocenters. The number of aliphatic imine (C=N–C) groups is 2. The molecule has 0 aliphatic rings. The predicted octanol–water partition coefficient (Wildman–Crippen LogP) is 4.01. The molecule has 0 saturated carbocycles. The second kappa shape index (κ2) is 7.40. The maximum absolute atomic E-state index is 9.81. The Morgan fingerprint density at radius 1 is 0.577 bits per heavy atom. The lowest BCUT2D eigenvalue weighted by Gasteiger charge is -2.02. The molecule has 26 heavy (non-hydrogen) atoms. The van der Waals surface area contributed by atoms with E-state index in [1.165, 1.54) is 36.7 Å². The van der Waals surface area contributed by atoms with Gasteiger partial charge in [0.05, 0.1) is 11.4 Å². The maximum Gasteiger partial charge on any atom is 0.128 e. The van der Waals surface area contributed by atoms with Gasteiger partial charge < -0.3 is 20.4 Å². The Hall–Kier alpha value is -3.80. The van der Waals surface area contributed by atoms with Crippen LogP contribution in [0.1, 0.15) is 11.1 Å². The Balaban J connectivity index is 1.88. The van der Waals surface area contributed by atoms with Crippen molar-refractivity contribution in [3.05, 3.63) is 71.8 Å². The number of benzene rings is 3. The molecule has 0 aromatic heterocycles. The molecule has 0 aliphatic carbocycles. The monoisotopic (exact) mass is 348 g/mol. The summed E-state index contributed by atoms with van der Waals surface area (Å²) in [5.41, 5.74) is 2.04. The van der Waals surface area contributed by atoms with E-state index in [-0.39, 0.29) is 23.0 Å². The molecule has 0 fully saturated rings. The van der Waals surface area contributed by atoms with Crippen molar-refractivity contribution in [2.75, 3.05) is 0 Å². The van der Waals surface area contributed by atoms with Crippen LogP contribution in [0.15, 0.2) is 70.6 Å². The highest BCUT2D eigenvalue weighted by molar-refractivity contribution is 5.89. The second-order valence-electron chi connectivity index (χ2n) is 5.49. The van der Waals surface area contributed by atoms with E-state index in [2.05, 4.69) is 9.98 Å². The number of phenolic OH excluding ortho intramolecular Hbond substituents is 4. The fourth-order valence-electron chi connectivity index (χ4n) is 2.24. The first kappa shape index (κ1) is 17.0. The van der Waals surface area contributed by atoms with Crippen LogP contribution in [0.2, 0.25) is 0 Å². The molecule has 0 radical (unpaired) electrons. The quantitative estimate of drug-likeness (QED) is 0.535. The van der Waals surface area contributed by atoms with Crippen molar-refractivity contribution in [1.29, 1.82) is 0 Å². The van der Waals surface area contributed by atoms with Gasteiger partial charge in [0.2, 0.25) is 0 Å². The smallest absolute Gasteiger partial charge is 0.128 e. The highest BCUT2D eigenvalue weighted by atomic mass is 16.3. The van der Waals surface area contributed by atoms with Crippen molar-refractivity contribution in [3.63, 3.8) is 0 Å². The van der Waals surface area contributed by atoms with E-state index >= 15 is 0 Å². The molecule has 130 valence electrons. The van der Waals surface area contributed by atoms with Crippen molar-refractivity contribution in [2.24, 2.45) is 9.98 Å². The highest BCUT2D eigenvalue weighted by Gasteiger charge is 2.03. The van der Waals surface area contributed by atoms with Gasteiger partial charge in [0.1, 0.15) is 23.0 Å². The van der Waals surface area contributed by atoms with E-state index < -0.39 is 0 Å². The molecule has 0 bridgehead atoms. The summed E-state index contributed by atoms with van der Waals surface area (Å²) >= 11 is 0. The molecule has 0 aliphatic heterocycles. The van der Waals surface area contributed by atoms with Crippen LogP contribution in [-0.2, 0) is 0 Å². The van der Waals surface area contributed by atoms with Gasteiger partial charge >= 0.3 is 0 Å². The third-order valence-corrected chi connectivity index (χ3v) is 3.60. The first-order valence-corrected chi connectivity index (χ1v) is 7.74. The summed E-state index contributed by atoms with van der Waals surface area (Å²) in [7, 11) is 0. The van der Waals surface area contributed by atoms with E-state index in [1.54, 1.807) is 36.4 Å². The molecule has 0 saturated heterocycles. The molecule has 0 heterocycles. The van der Waals surface area contributed by atoms with E-state index in [0.29, 0.717) is 22.5 Å². The number of hydrogen-bond donors (Lipinski definition) is 4. The van der Waals surface area contributed by atoms with Gasteiger partial charge in [0.25, 0.3) is 0 Å². The minimum Gasteiger partial charge on any atom is -0.508 e. The summed E-state index contributed by atoms with van der Waals surface area (Å²) in [6.07, 6.45) is 2.95. The van der Waals surface area contributed by atoms with Crippen molar-refractivity contribution in [3.8, 4) is 23.0 Å². The number of hydrogen-bond acceptors (Lipinski definition) is 6. The SMILES string of the molecule is Oc1ccc(C=Nc2ccccc2N=Cc2ccc(O)cc2O)c(O)c1. The lowest BCUT2D eigenvalue weighted by atomic mass is 10.2. The van der Waals surface area contributed by atoms with Crippen LogP contribution in [-0.4, -0.2) is 32.9 Å². The molecule has 3 aromatic carbocycles. The Morgan fingerprint density at radius 3 is 1.38 bits per heavy atom. The zero-order chi connectivity index (χ0) is 18.5. The first-order valence-electron chi connectivity index (χ1n) is 7.74. The summed E-state index contributed by atoms with van der Waals surface area (Å²) in [6, 6.07) is 15.6. The zero-order valence-electron chi connectivity index (χ0n) is 13.6. The molecule has 0 unspecified atom stereocenters. The minimum absolute atomic E-state index is 0.0293. The summed E-state index contributed by atoms with van der Waals surface area (Å²) in [5, 5.41) is 38.3. The van der Waals surface area contributed by atoms with Crippen LogP contribution in [0.5, 0.6) is 23.0 Å². The summed E-state index contributed by atoms with van der Waals surface area (Å²) < 4.78 is 0. The second-order valence-corrected chi connectivity index (χ2v) is 5.49. The lowest BCUT2D eigenvalue weighted by Crippen LogP contribution is -1.83. The number of rotatable bonds is 4.